The average Bonchev–Trinajstić information content (AvgIpc) is 3.33. The molecular formula is C61H113N2O7P. The second kappa shape index (κ2) is 51.2. The molecule has 0 bridgehead atoms. The summed E-state index contributed by atoms with van der Waals surface area (Å²) in [7, 11) is 1.17. The SMILES string of the molecule is CC/C=C/C=C/C=C/CCCCCCCCCC(=O)OC(/C=C\CCCCCCCCCCC)C(COP(=O)([O-])OCC[N+](C)(C)C)NC(=O)CCCCCCCCCCC/C=C/CCCCCCCC. The quantitative estimate of drug-likeness (QED) is 0.0161. The Balaban J connectivity index is 5.26. The van der Waals surface area contributed by atoms with Gasteiger partial charge in [-0.15, -0.1) is 0 Å². The van der Waals surface area contributed by atoms with Crippen LogP contribution in [0.5, 0.6) is 0 Å². The zero-order valence-electron chi connectivity index (χ0n) is 47.2. The number of hydrogen-bond donors (Lipinski definition) is 1. The summed E-state index contributed by atoms with van der Waals surface area (Å²) >= 11 is 0. The van der Waals surface area contributed by atoms with Crippen LogP contribution in [-0.4, -0.2) is 69.4 Å². The van der Waals surface area contributed by atoms with Crippen LogP contribution in [0.4, 0.5) is 0 Å². The Labute approximate surface area is 439 Å². The van der Waals surface area contributed by atoms with Gasteiger partial charge in [-0.1, -0.05) is 236 Å². The monoisotopic (exact) mass is 1020 g/mol. The molecule has 414 valence electrons. The molecule has 9 nitrogen and oxygen atoms in total. The lowest BCUT2D eigenvalue weighted by Crippen LogP contribution is -2.47. The third-order valence-electron chi connectivity index (χ3n) is 13.0. The number of quaternary nitrogens is 1. The van der Waals surface area contributed by atoms with Crippen LogP contribution < -0.4 is 10.2 Å². The van der Waals surface area contributed by atoms with E-state index in [2.05, 4.69) is 74.7 Å². The van der Waals surface area contributed by atoms with Crippen molar-refractivity contribution in [3.05, 3.63) is 60.8 Å². The first-order valence-corrected chi connectivity index (χ1v) is 31.1. The fourth-order valence-electron chi connectivity index (χ4n) is 8.40. The van der Waals surface area contributed by atoms with Gasteiger partial charge in [0.15, 0.2) is 0 Å². The molecule has 0 saturated heterocycles. The number of ether oxygens (including phenoxy) is 1. The van der Waals surface area contributed by atoms with Gasteiger partial charge in [0.05, 0.1) is 33.8 Å². The fraction of sp³-hybridized carbons (Fsp3) is 0.803. The van der Waals surface area contributed by atoms with Gasteiger partial charge in [-0.3, -0.25) is 14.2 Å². The summed E-state index contributed by atoms with van der Waals surface area (Å²) in [5.74, 6) is -0.555. The molecule has 0 saturated carbocycles. The third-order valence-corrected chi connectivity index (χ3v) is 14.0. The maximum Gasteiger partial charge on any atom is 0.306 e. The molecule has 3 atom stereocenters. The highest BCUT2D eigenvalue weighted by Crippen LogP contribution is 2.38. The van der Waals surface area contributed by atoms with Crippen molar-refractivity contribution in [3.63, 3.8) is 0 Å². The van der Waals surface area contributed by atoms with E-state index in [1.807, 2.05) is 33.3 Å². The summed E-state index contributed by atoms with van der Waals surface area (Å²) in [6, 6.07) is -0.894. The third kappa shape index (κ3) is 52.4. The van der Waals surface area contributed by atoms with E-state index in [4.69, 9.17) is 13.8 Å². The average molecular weight is 1020 g/mol. The van der Waals surface area contributed by atoms with Crippen molar-refractivity contribution >= 4 is 19.7 Å². The zero-order chi connectivity index (χ0) is 52.2. The van der Waals surface area contributed by atoms with Gasteiger partial charge in [-0.25, -0.2) is 0 Å². The van der Waals surface area contributed by atoms with E-state index in [1.165, 1.54) is 154 Å². The Hall–Kier alpha value is -2.29. The number of carbonyl (C=O) groups excluding carboxylic acids is 2. The number of phosphoric ester groups is 1. The van der Waals surface area contributed by atoms with Gasteiger partial charge in [0.1, 0.15) is 19.3 Å². The van der Waals surface area contributed by atoms with Crippen LogP contribution in [0.1, 0.15) is 265 Å². The van der Waals surface area contributed by atoms with Crippen LogP contribution in [0.3, 0.4) is 0 Å². The maximum atomic E-state index is 13.5. The minimum atomic E-state index is -4.70. The van der Waals surface area contributed by atoms with E-state index in [9.17, 15) is 19.0 Å². The van der Waals surface area contributed by atoms with Gasteiger partial charge in [-0.2, -0.15) is 0 Å². The lowest BCUT2D eigenvalue weighted by Gasteiger charge is -2.30. The molecule has 1 amide bonds. The molecule has 0 fully saturated rings. The highest BCUT2D eigenvalue weighted by atomic mass is 31.2. The number of unbranched alkanes of at least 4 members (excludes halogenated alkanes) is 31. The minimum absolute atomic E-state index is 0.0258. The number of nitrogens with one attached hydrogen (secondary N) is 1. The summed E-state index contributed by atoms with van der Waals surface area (Å²) in [6.07, 6.45) is 63.3. The predicted molar refractivity (Wildman–Crippen MR) is 302 cm³/mol. The molecule has 0 rings (SSSR count). The summed E-state index contributed by atoms with van der Waals surface area (Å²) < 4.78 is 30.2. The lowest BCUT2D eigenvalue weighted by molar-refractivity contribution is -0.870. The maximum absolute atomic E-state index is 13.5. The molecule has 1 N–H and O–H groups in total. The van der Waals surface area contributed by atoms with Crippen molar-refractivity contribution in [1.29, 1.82) is 0 Å². The number of allylic oxidation sites excluding steroid dienone is 9. The molecule has 0 spiro atoms. The van der Waals surface area contributed by atoms with Gasteiger partial charge in [0.2, 0.25) is 5.91 Å². The minimum Gasteiger partial charge on any atom is -0.756 e. The Bertz CT molecular complexity index is 1400. The predicted octanol–water partition coefficient (Wildman–Crippen LogP) is 17.3. The van der Waals surface area contributed by atoms with Crippen molar-refractivity contribution in [1.82, 2.24) is 5.32 Å². The van der Waals surface area contributed by atoms with Crippen molar-refractivity contribution < 1.29 is 37.3 Å². The summed E-state index contributed by atoms with van der Waals surface area (Å²) in [5.41, 5.74) is 0. The Morgan fingerprint density at radius 2 is 0.915 bits per heavy atom. The van der Waals surface area contributed by atoms with Gasteiger partial charge in [0.25, 0.3) is 7.82 Å². The molecule has 71 heavy (non-hydrogen) atoms. The van der Waals surface area contributed by atoms with Crippen molar-refractivity contribution in [2.45, 2.75) is 277 Å². The summed E-state index contributed by atoms with van der Waals surface area (Å²) in [4.78, 5) is 39.9. The van der Waals surface area contributed by atoms with E-state index in [-0.39, 0.29) is 24.9 Å². The van der Waals surface area contributed by atoms with Gasteiger partial charge >= 0.3 is 5.97 Å². The molecule has 0 aliphatic heterocycles. The molecule has 0 aliphatic rings. The Kier molecular flexibility index (Phi) is 49.6. The largest absolute Gasteiger partial charge is 0.756 e. The number of nitrogens with zero attached hydrogens (tertiary/aromatic N) is 1. The number of phosphoric acid groups is 1. The van der Waals surface area contributed by atoms with Gasteiger partial charge < -0.3 is 28.5 Å². The number of hydrogen-bond acceptors (Lipinski definition) is 7. The number of rotatable bonds is 53. The fourth-order valence-corrected chi connectivity index (χ4v) is 9.12. The zero-order valence-corrected chi connectivity index (χ0v) is 48.1. The van der Waals surface area contributed by atoms with Crippen LogP contribution in [0.25, 0.3) is 0 Å². The molecule has 0 aromatic heterocycles. The highest BCUT2D eigenvalue weighted by molar-refractivity contribution is 7.45. The Morgan fingerprint density at radius 3 is 1.38 bits per heavy atom. The molecule has 0 aromatic rings. The van der Waals surface area contributed by atoms with E-state index >= 15 is 0 Å². The van der Waals surface area contributed by atoms with Crippen LogP contribution in [0.15, 0.2) is 60.8 Å². The molecule has 0 radical (unpaired) electrons. The van der Waals surface area contributed by atoms with Crippen LogP contribution in [0, 0.1) is 0 Å². The summed E-state index contributed by atoms with van der Waals surface area (Å²) in [6.45, 7) is 6.70. The molecule has 0 aromatic carbocycles. The van der Waals surface area contributed by atoms with Crippen molar-refractivity contribution in [2.24, 2.45) is 0 Å². The van der Waals surface area contributed by atoms with E-state index < -0.39 is 26.6 Å². The number of carbonyl (C=O) groups is 2. The summed E-state index contributed by atoms with van der Waals surface area (Å²) in [5, 5.41) is 3.02. The van der Waals surface area contributed by atoms with E-state index in [1.54, 1.807) is 0 Å². The van der Waals surface area contributed by atoms with Crippen LogP contribution >= 0.6 is 7.82 Å². The topological polar surface area (TPSA) is 114 Å². The first-order chi connectivity index (χ1) is 34.4. The van der Waals surface area contributed by atoms with Gasteiger partial charge in [-0.05, 0) is 76.7 Å². The second-order valence-electron chi connectivity index (χ2n) is 21.2. The van der Waals surface area contributed by atoms with Gasteiger partial charge in [0, 0.05) is 12.8 Å². The molecule has 3 unspecified atom stereocenters. The first-order valence-electron chi connectivity index (χ1n) is 29.6. The van der Waals surface area contributed by atoms with Crippen LogP contribution in [-0.2, 0) is 27.9 Å². The first kappa shape index (κ1) is 68.7. The second-order valence-corrected chi connectivity index (χ2v) is 22.6. The van der Waals surface area contributed by atoms with Crippen molar-refractivity contribution in [3.8, 4) is 0 Å². The highest BCUT2D eigenvalue weighted by Gasteiger charge is 2.27. The molecule has 0 aliphatic carbocycles. The standard InChI is InChI=1S/C61H113N2O7P/c1-7-10-13-16-19-22-25-27-29-30-31-32-34-35-38-41-44-47-50-53-60(64)62-58(57-69-71(66,67)68-56-55-63(4,5)6)59(52-49-46-43-40-37-24-21-18-15-12-9-3)70-61(65)54-51-48-45-42-39-36-33-28-26-23-20-17-14-11-8-2/h11,14,17,20,23,26-27,29,49,52,58-59H,7-10,12-13,15-16,18-19,21-22,24-25,28,30-48,50-51,53-57H2,1-6H3,(H-,62,64,66,67)/b14-11+,20-17+,26-23+,29-27+,52-49-. The molecular weight excluding hydrogens is 904 g/mol. The van der Waals surface area contributed by atoms with E-state index in [0.717, 1.165) is 77.0 Å². The Morgan fingerprint density at radius 1 is 0.507 bits per heavy atom. The molecule has 10 heteroatoms. The smallest absolute Gasteiger partial charge is 0.306 e. The lowest BCUT2D eigenvalue weighted by atomic mass is 10.0. The molecule has 0 heterocycles. The van der Waals surface area contributed by atoms with E-state index in [0.29, 0.717) is 17.4 Å². The van der Waals surface area contributed by atoms with Crippen molar-refractivity contribution in [2.75, 3.05) is 40.9 Å². The van der Waals surface area contributed by atoms with Crippen LogP contribution in [0.2, 0.25) is 0 Å². The number of amides is 1. The number of esters is 1. The normalized spacial score (nSPS) is 14.2. The number of likely N-dealkylation sites (N-methyl/N-ethyl adjacent to an activating group) is 1.